The van der Waals surface area contributed by atoms with Crippen LogP contribution in [0.15, 0.2) is 12.3 Å². The lowest BCUT2D eigenvalue weighted by Crippen LogP contribution is -1.92. The third kappa shape index (κ3) is 3.23. The number of carbonyl (C=O) groups is 1. The maximum Gasteiger partial charge on any atom is 0.213 e. The van der Waals surface area contributed by atoms with Crippen molar-refractivity contribution in [3.63, 3.8) is 0 Å². The van der Waals surface area contributed by atoms with Gasteiger partial charge in [-0.3, -0.25) is 4.79 Å². The largest absolute Gasteiger partial charge is 0.481 e. The van der Waals surface area contributed by atoms with Crippen molar-refractivity contribution in [2.75, 3.05) is 7.11 Å². The van der Waals surface area contributed by atoms with Crippen molar-refractivity contribution in [2.24, 2.45) is 0 Å². The molecule has 0 unspecified atom stereocenters. The lowest BCUT2D eigenvalue weighted by molar-refractivity contribution is 0.112. The lowest BCUT2D eigenvalue weighted by Gasteiger charge is -2.00. The molecule has 1 aromatic rings. The van der Waals surface area contributed by atoms with Gasteiger partial charge in [-0.25, -0.2) is 4.98 Å². The van der Waals surface area contributed by atoms with E-state index in [1.54, 1.807) is 13.2 Å². The van der Waals surface area contributed by atoms with E-state index in [1.165, 1.54) is 6.20 Å². The second-order valence-electron chi connectivity index (χ2n) is 2.20. The average molecular weight is 181 g/mol. The van der Waals surface area contributed by atoms with Crippen LogP contribution >= 0.6 is 0 Å². The van der Waals surface area contributed by atoms with E-state index >= 15 is 0 Å². The summed E-state index contributed by atoms with van der Waals surface area (Å²) in [6, 6.07) is 1.73. The fourth-order valence-electron chi connectivity index (χ4n) is 0.776. The van der Waals surface area contributed by atoms with E-state index in [0.717, 1.165) is 11.8 Å². The molecule has 13 heavy (non-hydrogen) atoms. The molecule has 1 heterocycles. The Bertz CT molecular complexity index is 272. The van der Waals surface area contributed by atoms with Gasteiger partial charge in [0.1, 0.15) is 0 Å². The maximum absolute atomic E-state index is 10.3. The normalized spacial score (nSPS) is 8.31. The summed E-state index contributed by atoms with van der Waals surface area (Å²) in [5, 5.41) is 0. The van der Waals surface area contributed by atoms with Gasteiger partial charge in [-0.05, 0) is 12.5 Å². The van der Waals surface area contributed by atoms with Crippen molar-refractivity contribution in [1.82, 2.24) is 4.98 Å². The highest BCUT2D eigenvalue weighted by molar-refractivity contribution is 5.76. The number of aryl methyl sites for hydroxylation is 1. The van der Waals surface area contributed by atoms with Crippen LogP contribution in [0.5, 0.6) is 5.88 Å². The van der Waals surface area contributed by atoms with Crippen molar-refractivity contribution >= 4 is 6.29 Å². The molecule has 0 amide bonds. The molecule has 0 saturated carbocycles. The van der Waals surface area contributed by atoms with Crippen molar-refractivity contribution in [2.45, 2.75) is 20.8 Å². The number of nitrogens with zero attached hydrogens (tertiary/aromatic N) is 1. The van der Waals surface area contributed by atoms with Crippen LogP contribution in [0.2, 0.25) is 0 Å². The highest BCUT2D eigenvalue weighted by Crippen LogP contribution is 2.10. The van der Waals surface area contributed by atoms with Crippen LogP contribution in [0.1, 0.15) is 29.8 Å². The van der Waals surface area contributed by atoms with Crippen molar-refractivity contribution in [1.29, 1.82) is 0 Å². The molecular formula is C10H15NO2. The first kappa shape index (κ1) is 11.6. The number of aldehydes is 1. The van der Waals surface area contributed by atoms with Crippen LogP contribution in [-0.2, 0) is 0 Å². The van der Waals surface area contributed by atoms with Gasteiger partial charge < -0.3 is 4.74 Å². The molecule has 0 aliphatic rings. The number of hydrogen-bond acceptors (Lipinski definition) is 3. The first-order chi connectivity index (χ1) is 6.27. The van der Waals surface area contributed by atoms with Crippen LogP contribution in [-0.4, -0.2) is 18.4 Å². The Balaban J connectivity index is 0.000000671. The van der Waals surface area contributed by atoms with Gasteiger partial charge >= 0.3 is 0 Å². The third-order valence-corrected chi connectivity index (χ3v) is 1.46. The fourth-order valence-corrected chi connectivity index (χ4v) is 0.776. The number of carbonyl (C=O) groups excluding carboxylic acids is 1. The zero-order valence-corrected chi connectivity index (χ0v) is 8.50. The van der Waals surface area contributed by atoms with E-state index < -0.39 is 0 Å². The zero-order valence-electron chi connectivity index (χ0n) is 8.50. The van der Waals surface area contributed by atoms with E-state index in [1.807, 2.05) is 20.8 Å². The molecule has 0 aliphatic heterocycles. The summed E-state index contributed by atoms with van der Waals surface area (Å²) in [5.74, 6) is 0.535. The minimum Gasteiger partial charge on any atom is -0.481 e. The van der Waals surface area contributed by atoms with Gasteiger partial charge in [0.2, 0.25) is 5.88 Å². The second kappa shape index (κ2) is 6.17. The Hall–Kier alpha value is -1.38. The number of rotatable bonds is 2. The van der Waals surface area contributed by atoms with Crippen molar-refractivity contribution in [3.8, 4) is 5.88 Å². The van der Waals surface area contributed by atoms with E-state index in [-0.39, 0.29) is 0 Å². The van der Waals surface area contributed by atoms with Gasteiger partial charge in [0.15, 0.2) is 6.29 Å². The molecule has 3 nitrogen and oxygen atoms in total. The predicted molar refractivity (Wildman–Crippen MR) is 52.3 cm³/mol. The smallest absolute Gasteiger partial charge is 0.213 e. The Kier molecular flexibility index (Phi) is 5.52. The van der Waals surface area contributed by atoms with E-state index in [9.17, 15) is 4.79 Å². The van der Waals surface area contributed by atoms with Crippen LogP contribution < -0.4 is 4.74 Å². The third-order valence-electron chi connectivity index (χ3n) is 1.46. The molecule has 0 aliphatic carbocycles. The quantitative estimate of drug-likeness (QED) is 0.657. The molecule has 1 aromatic heterocycles. The van der Waals surface area contributed by atoms with Gasteiger partial charge in [-0.2, -0.15) is 0 Å². The molecule has 0 bridgehead atoms. The van der Waals surface area contributed by atoms with Gasteiger partial charge in [0, 0.05) is 17.8 Å². The SMILES string of the molecule is CC.COc1cc(C)c(C=O)cn1. The van der Waals surface area contributed by atoms with Crippen molar-refractivity contribution < 1.29 is 9.53 Å². The van der Waals surface area contributed by atoms with Crippen LogP contribution in [0.4, 0.5) is 0 Å². The highest BCUT2D eigenvalue weighted by atomic mass is 16.5. The number of hydrogen-bond donors (Lipinski definition) is 0. The first-order valence-corrected chi connectivity index (χ1v) is 4.23. The highest BCUT2D eigenvalue weighted by Gasteiger charge is 1.98. The van der Waals surface area contributed by atoms with Crippen LogP contribution in [0.3, 0.4) is 0 Å². The Morgan fingerprint density at radius 2 is 2.08 bits per heavy atom. The predicted octanol–water partition coefficient (Wildman–Crippen LogP) is 2.24. The lowest BCUT2D eigenvalue weighted by atomic mass is 10.2. The molecule has 0 N–H and O–H groups in total. The molecule has 0 fully saturated rings. The molecular weight excluding hydrogens is 166 g/mol. The minimum absolute atomic E-state index is 0.535. The Morgan fingerprint density at radius 3 is 2.46 bits per heavy atom. The van der Waals surface area contributed by atoms with Gasteiger partial charge in [-0.1, -0.05) is 13.8 Å². The van der Waals surface area contributed by atoms with Crippen LogP contribution in [0.25, 0.3) is 0 Å². The summed E-state index contributed by atoms with van der Waals surface area (Å²) in [6.45, 7) is 5.84. The van der Waals surface area contributed by atoms with E-state index in [4.69, 9.17) is 4.74 Å². The van der Waals surface area contributed by atoms with E-state index in [0.29, 0.717) is 11.4 Å². The van der Waals surface area contributed by atoms with Gasteiger partial charge in [-0.15, -0.1) is 0 Å². The molecule has 1 rings (SSSR count). The topological polar surface area (TPSA) is 39.2 Å². The molecule has 72 valence electrons. The maximum atomic E-state index is 10.3. The Labute approximate surface area is 78.8 Å². The standard InChI is InChI=1S/C8H9NO2.C2H6/c1-6-3-8(11-2)9-4-7(6)5-10;1-2/h3-5H,1-2H3;1-2H3. The number of pyridine rings is 1. The number of ether oxygens (including phenoxy) is 1. The fraction of sp³-hybridized carbons (Fsp3) is 0.400. The summed E-state index contributed by atoms with van der Waals surface area (Å²) < 4.78 is 4.87. The van der Waals surface area contributed by atoms with Gasteiger partial charge in [0.25, 0.3) is 0 Å². The summed E-state index contributed by atoms with van der Waals surface area (Å²) in [5.41, 5.74) is 1.48. The van der Waals surface area contributed by atoms with Crippen LogP contribution in [0, 0.1) is 6.92 Å². The summed E-state index contributed by atoms with van der Waals surface area (Å²) in [6.07, 6.45) is 2.28. The first-order valence-electron chi connectivity index (χ1n) is 4.23. The summed E-state index contributed by atoms with van der Waals surface area (Å²) in [7, 11) is 1.54. The van der Waals surface area contributed by atoms with Gasteiger partial charge in [0.05, 0.1) is 7.11 Å². The second-order valence-corrected chi connectivity index (χ2v) is 2.20. The zero-order chi connectivity index (χ0) is 10.3. The molecule has 0 radical (unpaired) electrons. The number of methoxy groups -OCH3 is 1. The monoisotopic (exact) mass is 181 g/mol. The van der Waals surface area contributed by atoms with Crippen molar-refractivity contribution in [3.05, 3.63) is 23.4 Å². The summed E-state index contributed by atoms with van der Waals surface area (Å²) >= 11 is 0. The molecule has 0 saturated heterocycles. The van der Waals surface area contributed by atoms with E-state index in [2.05, 4.69) is 4.98 Å². The minimum atomic E-state index is 0.535. The molecule has 0 atom stereocenters. The molecule has 0 aromatic carbocycles. The summed E-state index contributed by atoms with van der Waals surface area (Å²) in [4.78, 5) is 14.2. The molecule has 3 heteroatoms. The molecule has 0 spiro atoms. The average Bonchev–Trinajstić information content (AvgIpc) is 2.20. The number of aromatic nitrogens is 1. The Morgan fingerprint density at radius 1 is 1.46 bits per heavy atom.